The van der Waals surface area contributed by atoms with Crippen LogP contribution in [0.2, 0.25) is 5.15 Å². The quantitative estimate of drug-likeness (QED) is 0.379. The molecule has 0 N–H and O–H groups in total. The molecule has 0 radical (unpaired) electrons. The molecular weight excluding hydrogens is 222 g/mol. The summed E-state index contributed by atoms with van der Waals surface area (Å²) in [5.74, 6) is 0. The van der Waals surface area contributed by atoms with Crippen molar-refractivity contribution in [1.82, 2.24) is 4.98 Å². The first-order chi connectivity index (χ1) is 4.39. The van der Waals surface area contributed by atoms with E-state index >= 15 is 0 Å². The van der Waals surface area contributed by atoms with Crippen LogP contribution in [0.3, 0.4) is 0 Å². The third-order valence-electron chi connectivity index (χ3n) is 0.629. The van der Waals surface area contributed by atoms with Gasteiger partial charge in [0.2, 0.25) is 0 Å². The monoisotopic (exact) mass is 227 g/mol. The first kappa shape index (κ1) is 13.0. The molecule has 0 aliphatic carbocycles. The first-order valence-electron chi connectivity index (χ1n) is 2.23. The van der Waals surface area contributed by atoms with Crippen LogP contribution >= 0.6 is 21.3 Å². The molecular formula is C6H7Cl2NZn. The van der Waals surface area contributed by atoms with E-state index in [0.717, 1.165) is 17.3 Å². The number of hydrogen-bond donors (Lipinski definition) is 0. The Kier molecular flexibility index (Phi) is 12.1. The molecule has 0 aliphatic rings. The van der Waals surface area contributed by atoms with Crippen LogP contribution in [0.1, 0.15) is 0 Å². The summed E-state index contributed by atoms with van der Waals surface area (Å²) < 4.78 is 0. The Morgan fingerprint density at radius 1 is 1.30 bits per heavy atom. The summed E-state index contributed by atoms with van der Waals surface area (Å²) in [7, 11) is 4.76. The summed E-state index contributed by atoms with van der Waals surface area (Å²) in [5, 5.41) is 0.544. The van der Waals surface area contributed by atoms with Crippen LogP contribution in [0.25, 0.3) is 0 Å². The van der Waals surface area contributed by atoms with Crippen LogP contribution in [0.15, 0.2) is 24.4 Å². The van der Waals surface area contributed by atoms with Crippen molar-refractivity contribution in [3.63, 3.8) is 0 Å². The molecule has 1 nitrogen and oxygen atoms in total. The summed E-state index contributed by atoms with van der Waals surface area (Å²) in [5.41, 5.74) is 0. The third-order valence-corrected chi connectivity index (χ3v) is 0.852. The van der Waals surface area contributed by atoms with Crippen LogP contribution in [0, 0.1) is 7.43 Å². The molecule has 1 heterocycles. The van der Waals surface area contributed by atoms with Crippen molar-refractivity contribution in [2.24, 2.45) is 0 Å². The maximum atomic E-state index is 5.43. The van der Waals surface area contributed by atoms with Gasteiger partial charge in [-0.05, 0) is 12.1 Å². The molecule has 0 amide bonds. The van der Waals surface area contributed by atoms with Gasteiger partial charge in [0.25, 0.3) is 0 Å². The van der Waals surface area contributed by atoms with Gasteiger partial charge in [0.1, 0.15) is 5.15 Å². The van der Waals surface area contributed by atoms with Crippen LogP contribution in [-0.4, -0.2) is 4.98 Å². The van der Waals surface area contributed by atoms with Gasteiger partial charge in [-0.3, -0.25) is 0 Å². The zero-order chi connectivity index (χ0) is 7.11. The first-order valence-corrected chi connectivity index (χ1v) is 6.50. The van der Waals surface area contributed by atoms with Gasteiger partial charge in [-0.2, -0.15) is 0 Å². The van der Waals surface area contributed by atoms with Crippen LogP contribution in [0.5, 0.6) is 0 Å². The van der Waals surface area contributed by atoms with Crippen molar-refractivity contribution in [2.75, 3.05) is 0 Å². The molecule has 0 bridgehead atoms. The molecule has 10 heavy (non-hydrogen) atoms. The SMILES string of the molecule is Clc1ccccn1.[CH3-].[Cl][Zn+]. The standard InChI is InChI=1S/C5H4ClN.CH3.ClH.Zn/c6-5-3-1-2-4-7-5;;;/h1-4H;1H3;1H;/q;-1;;+2/p-1. The van der Waals surface area contributed by atoms with Crippen molar-refractivity contribution in [3.8, 4) is 0 Å². The molecule has 1 aromatic rings. The van der Waals surface area contributed by atoms with Gasteiger partial charge in [0.15, 0.2) is 0 Å². The molecule has 0 saturated carbocycles. The predicted octanol–water partition coefficient (Wildman–Crippen LogP) is 2.87. The van der Waals surface area contributed by atoms with E-state index in [1.807, 2.05) is 12.1 Å². The van der Waals surface area contributed by atoms with E-state index in [1.165, 1.54) is 0 Å². The number of halogens is 2. The Bertz CT molecular complexity index is 146. The zero-order valence-electron chi connectivity index (χ0n) is 5.72. The Hall–Kier alpha value is 0.353. The van der Waals surface area contributed by atoms with Crippen molar-refractivity contribution >= 4 is 21.3 Å². The molecule has 0 spiro atoms. The van der Waals surface area contributed by atoms with E-state index in [1.54, 1.807) is 12.3 Å². The number of hydrogen-bond acceptors (Lipinski definition) is 1. The van der Waals surface area contributed by atoms with Gasteiger partial charge in [-0.15, -0.1) is 0 Å². The van der Waals surface area contributed by atoms with Crippen molar-refractivity contribution in [3.05, 3.63) is 37.0 Å². The molecule has 0 aliphatic heterocycles. The molecule has 1 rings (SSSR count). The molecule has 0 fully saturated rings. The summed E-state index contributed by atoms with van der Waals surface area (Å²) in [4.78, 5) is 3.74. The molecule has 4 heteroatoms. The topological polar surface area (TPSA) is 12.9 Å². The molecule has 52 valence electrons. The summed E-state index contributed by atoms with van der Waals surface area (Å²) in [6.45, 7) is 0. The summed E-state index contributed by atoms with van der Waals surface area (Å²) in [6.07, 6.45) is 1.66. The molecule has 0 saturated heterocycles. The summed E-state index contributed by atoms with van der Waals surface area (Å²) in [6, 6.07) is 5.41. The van der Waals surface area contributed by atoms with Crippen molar-refractivity contribution < 1.29 is 17.3 Å². The van der Waals surface area contributed by atoms with Gasteiger partial charge in [0.05, 0.1) is 0 Å². The van der Waals surface area contributed by atoms with Gasteiger partial charge < -0.3 is 7.43 Å². The molecule has 0 unspecified atom stereocenters. The van der Waals surface area contributed by atoms with E-state index in [0.29, 0.717) is 5.15 Å². The Morgan fingerprint density at radius 3 is 2.10 bits per heavy atom. The van der Waals surface area contributed by atoms with E-state index in [4.69, 9.17) is 21.3 Å². The second-order valence-corrected chi connectivity index (χ2v) is 1.54. The minimum absolute atomic E-state index is 0. The minimum atomic E-state index is 0. The Labute approximate surface area is 80.5 Å². The van der Waals surface area contributed by atoms with Crippen LogP contribution < -0.4 is 0 Å². The van der Waals surface area contributed by atoms with Crippen LogP contribution in [0.4, 0.5) is 0 Å². The van der Waals surface area contributed by atoms with Crippen molar-refractivity contribution in [2.45, 2.75) is 0 Å². The third kappa shape index (κ3) is 6.47. The molecule has 0 atom stereocenters. The number of pyridine rings is 1. The van der Waals surface area contributed by atoms with Gasteiger partial charge in [-0.1, -0.05) is 17.7 Å². The summed E-state index contributed by atoms with van der Waals surface area (Å²) >= 11 is 6.28. The van der Waals surface area contributed by atoms with E-state index in [9.17, 15) is 0 Å². The average Bonchev–Trinajstić information content (AvgIpc) is 1.94. The van der Waals surface area contributed by atoms with E-state index in [2.05, 4.69) is 4.98 Å². The van der Waals surface area contributed by atoms with Gasteiger partial charge >= 0.3 is 27.0 Å². The Morgan fingerprint density at radius 2 is 1.90 bits per heavy atom. The second-order valence-electron chi connectivity index (χ2n) is 1.15. The fourth-order valence-corrected chi connectivity index (χ4v) is 0.471. The number of aromatic nitrogens is 1. The fraction of sp³-hybridized carbons (Fsp3) is 0. The van der Waals surface area contributed by atoms with Gasteiger partial charge in [-0.25, -0.2) is 4.98 Å². The fourth-order valence-electron chi connectivity index (χ4n) is 0.342. The zero-order valence-corrected chi connectivity index (χ0v) is 10.2. The average molecular weight is 229 g/mol. The predicted molar refractivity (Wildman–Crippen MR) is 41.5 cm³/mol. The second kappa shape index (κ2) is 9.35. The number of nitrogens with zero attached hydrogens (tertiary/aromatic N) is 1. The van der Waals surface area contributed by atoms with E-state index in [-0.39, 0.29) is 7.43 Å². The Balaban J connectivity index is 0. The maximum absolute atomic E-state index is 5.43. The van der Waals surface area contributed by atoms with Gasteiger partial charge in [0, 0.05) is 6.20 Å². The van der Waals surface area contributed by atoms with Crippen molar-refractivity contribution in [1.29, 1.82) is 0 Å². The molecule has 1 aromatic heterocycles. The number of rotatable bonds is 0. The van der Waals surface area contributed by atoms with Crippen LogP contribution in [-0.2, 0) is 17.3 Å². The normalized spacial score (nSPS) is 6.80. The molecule has 0 aromatic carbocycles. The van der Waals surface area contributed by atoms with E-state index < -0.39 is 0 Å².